The Morgan fingerprint density at radius 3 is 3.00 bits per heavy atom. The first-order valence-electron chi connectivity index (χ1n) is 4.57. The molecule has 3 heteroatoms. The van der Waals surface area contributed by atoms with Crippen molar-refractivity contribution < 1.29 is 4.79 Å². The molecule has 0 aliphatic heterocycles. The molecule has 1 heterocycles. The van der Waals surface area contributed by atoms with Crippen LogP contribution in [0.3, 0.4) is 0 Å². The van der Waals surface area contributed by atoms with Crippen molar-refractivity contribution in [3.63, 3.8) is 0 Å². The lowest BCUT2D eigenvalue weighted by Crippen LogP contribution is -2.06. The number of hydrogen-bond acceptors (Lipinski definition) is 2. The lowest BCUT2D eigenvalue weighted by molar-refractivity contribution is -0.111. The van der Waals surface area contributed by atoms with Crippen molar-refractivity contribution in [1.82, 2.24) is 4.98 Å². The number of anilines is 1. The molecule has 1 N–H and O–H groups in total. The van der Waals surface area contributed by atoms with E-state index in [0.717, 1.165) is 16.5 Å². The van der Waals surface area contributed by atoms with E-state index in [1.165, 1.54) is 6.08 Å². The van der Waals surface area contributed by atoms with Crippen molar-refractivity contribution in [3.05, 3.63) is 49.3 Å². The molecule has 0 radical (unpaired) electrons. The van der Waals surface area contributed by atoms with Gasteiger partial charge in [0.05, 0.1) is 0 Å². The van der Waals surface area contributed by atoms with Crippen LogP contribution in [-0.4, -0.2) is 10.9 Å². The van der Waals surface area contributed by atoms with Gasteiger partial charge < -0.3 is 5.32 Å². The summed E-state index contributed by atoms with van der Waals surface area (Å²) >= 11 is 0. The summed E-state index contributed by atoms with van der Waals surface area (Å²) in [5, 5.41) is 4.80. The number of benzene rings is 1. The molecule has 1 amide bonds. The Kier molecular flexibility index (Phi) is 2.46. The van der Waals surface area contributed by atoms with Gasteiger partial charge in [0, 0.05) is 23.5 Å². The number of nitrogens with one attached hydrogen (secondary N) is 1. The number of carbonyl (C=O) groups excluding carboxylic acids is 1. The van der Waals surface area contributed by atoms with Gasteiger partial charge in [-0.25, -0.2) is 0 Å². The highest BCUT2D eigenvalue weighted by atomic mass is 16.1. The molecule has 1 aromatic heterocycles. The van der Waals surface area contributed by atoms with Crippen LogP contribution in [0.5, 0.6) is 0 Å². The third-order valence-electron chi connectivity index (χ3n) is 2.09. The average molecular weight is 198 g/mol. The maximum Gasteiger partial charge on any atom is 0.247 e. The van der Waals surface area contributed by atoms with E-state index < -0.39 is 0 Å². The second kappa shape index (κ2) is 3.92. The first-order valence-corrected chi connectivity index (χ1v) is 4.57. The minimum absolute atomic E-state index is 0.205. The summed E-state index contributed by atoms with van der Waals surface area (Å²) in [6.45, 7) is 3.40. The lowest BCUT2D eigenvalue weighted by Gasteiger charge is -2.03. The highest BCUT2D eigenvalue weighted by molar-refractivity contribution is 6.00. The van der Waals surface area contributed by atoms with Crippen LogP contribution in [0.15, 0.2) is 49.3 Å². The van der Waals surface area contributed by atoms with Crippen molar-refractivity contribution in [2.45, 2.75) is 0 Å². The molecule has 1 aromatic carbocycles. The van der Waals surface area contributed by atoms with Crippen LogP contribution >= 0.6 is 0 Å². The molecule has 15 heavy (non-hydrogen) atoms. The smallest absolute Gasteiger partial charge is 0.247 e. The zero-order chi connectivity index (χ0) is 10.7. The third kappa shape index (κ3) is 2.02. The summed E-state index contributed by atoms with van der Waals surface area (Å²) in [4.78, 5) is 15.1. The molecule has 3 nitrogen and oxygen atoms in total. The molecule has 0 spiro atoms. The Labute approximate surface area is 87.4 Å². The van der Waals surface area contributed by atoms with E-state index in [2.05, 4.69) is 16.9 Å². The molecule has 74 valence electrons. The SMILES string of the molecule is C=CC(=O)Nc1ccc2cnccc2c1. The second-order valence-corrected chi connectivity index (χ2v) is 3.13. The summed E-state index contributed by atoms with van der Waals surface area (Å²) in [5.74, 6) is -0.205. The number of hydrogen-bond donors (Lipinski definition) is 1. The van der Waals surface area contributed by atoms with E-state index in [1.807, 2.05) is 24.3 Å². The Hall–Kier alpha value is -2.16. The fourth-order valence-corrected chi connectivity index (χ4v) is 1.35. The van der Waals surface area contributed by atoms with Crippen LogP contribution in [0.1, 0.15) is 0 Å². The van der Waals surface area contributed by atoms with Gasteiger partial charge in [0.2, 0.25) is 5.91 Å². The fourth-order valence-electron chi connectivity index (χ4n) is 1.35. The number of rotatable bonds is 2. The zero-order valence-electron chi connectivity index (χ0n) is 8.10. The van der Waals surface area contributed by atoms with Crippen molar-refractivity contribution in [1.29, 1.82) is 0 Å². The molecule has 0 saturated carbocycles. The standard InChI is InChI=1S/C12H10N2O/c1-2-12(15)14-11-4-3-10-8-13-6-5-9(10)7-11/h2-8H,1H2,(H,14,15). The van der Waals surface area contributed by atoms with E-state index in [9.17, 15) is 4.79 Å². The second-order valence-electron chi connectivity index (χ2n) is 3.13. The van der Waals surface area contributed by atoms with Gasteiger partial charge in [-0.2, -0.15) is 0 Å². The summed E-state index contributed by atoms with van der Waals surface area (Å²) in [5.41, 5.74) is 0.763. The van der Waals surface area contributed by atoms with Gasteiger partial charge in [-0.1, -0.05) is 12.6 Å². The summed E-state index contributed by atoms with van der Waals surface area (Å²) in [6, 6.07) is 7.56. The molecule has 0 fully saturated rings. The Morgan fingerprint density at radius 1 is 1.33 bits per heavy atom. The highest BCUT2D eigenvalue weighted by Gasteiger charge is 1.98. The fraction of sp³-hybridized carbons (Fsp3) is 0. The largest absolute Gasteiger partial charge is 0.323 e. The molecular formula is C12H10N2O. The normalized spacial score (nSPS) is 9.87. The summed E-state index contributed by atoms with van der Waals surface area (Å²) in [7, 11) is 0. The summed E-state index contributed by atoms with van der Waals surface area (Å²) in [6.07, 6.45) is 4.76. The van der Waals surface area contributed by atoms with Crippen LogP contribution in [0, 0.1) is 0 Å². The molecular weight excluding hydrogens is 188 g/mol. The van der Waals surface area contributed by atoms with E-state index in [4.69, 9.17) is 0 Å². The molecule has 0 aliphatic rings. The van der Waals surface area contributed by atoms with E-state index in [1.54, 1.807) is 12.4 Å². The quantitative estimate of drug-likeness (QED) is 0.752. The Balaban J connectivity index is 2.38. The van der Waals surface area contributed by atoms with Gasteiger partial charge in [0.15, 0.2) is 0 Å². The lowest BCUT2D eigenvalue weighted by atomic mass is 10.1. The topological polar surface area (TPSA) is 42.0 Å². The van der Waals surface area contributed by atoms with Crippen LogP contribution < -0.4 is 5.32 Å². The first kappa shape index (κ1) is 9.40. The Morgan fingerprint density at radius 2 is 2.20 bits per heavy atom. The van der Waals surface area contributed by atoms with Crippen LogP contribution in [-0.2, 0) is 4.79 Å². The maximum atomic E-state index is 11.1. The minimum atomic E-state index is -0.205. The predicted octanol–water partition coefficient (Wildman–Crippen LogP) is 2.36. The molecule has 0 unspecified atom stereocenters. The third-order valence-corrected chi connectivity index (χ3v) is 2.09. The molecule has 0 bridgehead atoms. The van der Waals surface area contributed by atoms with Gasteiger partial charge >= 0.3 is 0 Å². The maximum absolute atomic E-state index is 11.1. The Bertz CT molecular complexity index is 520. The minimum Gasteiger partial charge on any atom is -0.323 e. The van der Waals surface area contributed by atoms with Crippen molar-refractivity contribution in [2.75, 3.05) is 5.32 Å². The average Bonchev–Trinajstić information content (AvgIpc) is 2.29. The van der Waals surface area contributed by atoms with Crippen LogP contribution in [0.2, 0.25) is 0 Å². The number of fused-ring (bicyclic) bond motifs is 1. The molecule has 2 aromatic rings. The van der Waals surface area contributed by atoms with Crippen LogP contribution in [0.4, 0.5) is 5.69 Å². The van der Waals surface area contributed by atoms with Crippen molar-refractivity contribution >= 4 is 22.4 Å². The van der Waals surface area contributed by atoms with Gasteiger partial charge in [-0.3, -0.25) is 9.78 Å². The van der Waals surface area contributed by atoms with Gasteiger partial charge in [0.25, 0.3) is 0 Å². The summed E-state index contributed by atoms with van der Waals surface area (Å²) < 4.78 is 0. The monoisotopic (exact) mass is 198 g/mol. The van der Waals surface area contributed by atoms with E-state index >= 15 is 0 Å². The van der Waals surface area contributed by atoms with Gasteiger partial charge in [-0.05, 0) is 29.7 Å². The van der Waals surface area contributed by atoms with Crippen molar-refractivity contribution in [3.8, 4) is 0 Å². The predicted molar refractivity (Wildman–Crippen MR) is 60.6 cm³/mol. The number of amides is 1. The number of nitrogens with zero attached hydrogens (tertiary/aromatic N) is 1. The highest BCUT2D eigenvalue weighted by Crippen LogP contribution is 2.17. The zero-order valence-corrected chi connectivity index (χ0v) is 8.10. The van der Waals surface area contributed by atoms with Crippen molar-refractivity contribution in [2.24, 2.45) is 0 Å². The first-order chi connectivity index (χ1) is 7.29. The molecule has 0 atom stereocenters. The van der Waals surface area contributed by atoms with Crippen LogP contribution in [0.25, 0.3) is 10.8 Å². The van der Waals surface area contributed by atoms with E-state index in [-0.39, 0.29) is 5.91 Å². The van der Waals surface area contributed by atoms with E-state index in [0.29, 0.717) is 0 Å². The number of pyridine rings is 1. The molecule has 2 rings (SSSR count). The van der Waals surface area contributed by atoms with Gasteiger partial charge in [0.1, 0.15) is 0 Å². The number of aromatic nitrogens is 1. The molecule has 0 saturated heterocycles. The molecule has 0 aliphatic carbocycles. The van der Waals surface area contributed by atoms with Gasteiger partial charge in [-0.15, -0.1) is 0 Å². The number of carbonyl (C=O) groups is 1.